The summed E-state index contributed by atoms with van der Waals surface area (Å²) in [6, 6.07) is 13.2. The van der Waals surface area contributed by atoms with Gasteiger partial charge in [0.25, 0.3) is 11.8 Å². The zero-order chi connectivity index (χ0) is 17.6. The van der Waals surface area contributed by atoms with E-state index in [0.29, 0.717) is 22.0 Å². The lowest BCUT2D eigenvalue weighted by Crippen LogP contribution is -2.34. The normalized spacial score (nSPS) is 16.1. The molecule has 1 atom stereocenters. The molecular weight excluding hydrogens is 336 g/mol. The number of anilines is 2. The number of hydrogen-bond donors (Lipinski definition) is 2. The summed E-state index contributed by atoms with van der Waals surface area (Å²) in [5.41, 5.74) is 2.15. The van der Waals surface area contributed by atoms with E-state index in [4.69, 9.17) is 4.74 Å². The number of hydrogen-bond acceptors (Lipinski definition) is 4. The van der Waals surface area contributed by atoms with E-state index in [2.05, 4.69) is 10.6 Å². The molecule has 5 nitrogen and oxygen atoms in total. The number of carbonyl (C=O) groups is 2. The quantitative estimate of drug-likeness (QED) is 0.727. The number of carbonyl (C=O) groups excluding carboxylic acids is 2. The van der Waals surface area contributed by atoms with E-state index in [0.717, 1.165) is 15.6 Å². The predicted octanol–water partition coefficient (Wildman–Crippen LogP) is 4.18. The van der Waals surface area contributed by atoms with E-state index in [9.17, 15) is 9.59 Å². The first-order chi connectivity index (χ1) is 12.0. The van der Waals surface area contributed by atoms with Crippen LogP contribution in [0.4, 0.5) is 11.4 Å². The fraction of sp³-hybridized carbons (Fsp3) is 0.158. The molecule has 1 aliphatic heterocycles. The third kappa shape index (κ3) is 2.74. The van der Waals surface area contributed by atoms with Gasteiger partial charge in [0, 0.05) is 10.4 Å². The lowest BCUT2D eigenvalue weighted by Gasteiger charge is -2.23. The fourth-order valence-electron chi connectivity index (χ4n) is 2.87. The van der Waals surface area contributed by atoms with Crippen molar-refractivity contribution in [1.29, 1.82) is 0 Å². The van der Waals surface area contributed by atoms with Gasteiger partial charge in [-0.05, 0) is 49.1 Å². The van der Waals surface area contributed by atoms with Crippen LogP contribution in [0.15, 0.2) is 42.5 Å². The summed E-state index contributed by atoms with van der Waals surface area (Å²) in [5, 5.41) is 6.78. The Balaban J connectivity index is 1.61. The first-order valence-electron chi connectivity index (χ1n) is 7.94. The lowest BCUT2D eigenvalue weighted by atomic mass is 10.1. The van der Waals surface area contributed by atoms with Gasteiger partial charge < -0.3 is 15.4 Å². The molecule has 0 saturated heterocycles. The van der Waals surface area contributed by atoms with Crippen LogP contribution in [0.3, 0.4) is 0 Å². The number of rotatable bonds is 2. The SMILES string of the molecule is Cc1c(C(=O)Nc2ccc3c(c2)NC(=O)C(C)O3)sc2ccccc12. The molecule has 6 heteroatoms. The van der Waals surface area contributed by atoms with E-state index in [1.165, 1.54) is 11.3 Å². The molecule has 2 amide bonds. The van der Waals surface area contributed by atoms with Gasteiger partial charge in [-0.3, -0.25) is 9.59 Å². The second kappa shape index (κ2) is 5.89. The van der Waals surface area contributed by atoms with Crippen molar-refractivity contribution in [3.8, 4) is 5.75 Å². The van der Waals surface area contributed by atoms with Gasteiger partial charge in [-0.25, -0.2) is 0 Å². The topological polar surface area (TPSA) is 67.4 Å². The minimum absolute atomic E-state index is 0.157. The lowest BCUT2D eigenvalue weighted by molar-refractivity contribution is -0.122. The standard InChI is InChI=1S/C19H16N2O3S/c1-10-13-5-3-4-6-16(13)25-17(10)19(23)20-12-7-8-15-14(9-12)21-18(22)11(2)24-15/h3-9,11H,1-2H3,(H,20,23)(H,21,22). The maximum Gasteiger partial charge on any atom is 0.266 e. The van der Waals surface area contributed by atoms with Gasteiger partial charge in [-0.15, -0.1) is 11.3 Å². The molecule has 0 aliphatic carbocycles. The molecular formula is C19H16N2O3S. The molecule has 25 heavy (non-hydrogen) atoms. The van der Waals surface area contributed by atoms with E-state index in [1.54, 1.807) is 25.1 Å². The first kappa shape index (κ1) is 15.7. The minimum Gasteiger partial charge on any atom is -0.479 e. The number of thiophene rings is 1. The van der Waals surface area contributed by atoms with Crippen molar-refractivity contribution in [3.63, 3.8) is 0 Å². The third-order valence-electron chi connectivity index (χ3n) is 4.22. The van der Waals surface area contributed by atoms with Gasteiger partial charge in [0.15, 0.2) is 6.10 Å². The van der Waals surface area contributed by atoms with Crippen molar-refractivity contribution in [1.82, 2.24) is 0 Å². The van der Waals surface area contributed by atoms with Crippen molar-refractivity contribution >= 4 is 44.6 Å². The summed E-state index contributed by atoms with van der Waals surface area (Å²) in [6.45, 7) is 3.65. The number of fused-ring (bicyclic) bond motifs is 2. The molecule has 4 rings (SSSR count). The molecule has 0 bridgehead atoms. The number of ether oxygens (including phenoxy) is 1. The van der Waals surface area contributed by atoms with Gasteiger partial charge in [-0.2, -0.15) is 0 Å². The largest absolute Gasteiger partial charge is 0.479 e. The Morgan fingerprint density at radius 1 is 1.24 bits per heavy atom. The highest BCUT2D eigenvalue weighted by Crippen LogP contribution is 2.34. The second-order valence-corrected chi connectivity index (χ2v) is 7.02. The maximum absolute atomic E-state index is 12.7. The number of aryl methyl sites for hydroxylation is 1. The molecule has 126 valence electrons. The molecule has 2 aromatic carbocycles. The van der Waals surface area contributed by atoms with Crippen LogP contribution >= 0.6 is 11.3 Å². The van der Waals surface area contributed by atoms with Crippen LogP contribution in [0.1, 0.15) is 22.2 Å². The summed E-state index contributed by atoms with van der Waals surface area (Å²) in [5.74, 6) is 0.245. The van der Waals surface area contributed by atoms with E-state index < -0.39 is 6.10 Å². The summed E-state index contributed by atoms with van der Waals surface area (Å²) in [4.78, 5) is 25.1. The molecule has 3 aromatic rings. The smallest absolute Gasteiger partial charge is 0.266 e. The Hall–Kier alpha value is -2.86. The average Bonchev–Trinajstić information content (AvgIpc) is 2.94. The summed E-state index contributed by atoms with van der Waals surface area (Å²) in [7, 11) is 0. The molecule has 0 fully saturated rings. The van der Waals surface area contributed by atoms with Crippen molar-refractivity contribution in [3.05, 3.63) is 52.9 Å². The summed E-state index contributed by atoms with van der Waals surface area (Å²) >= 11 is 1.47. The maximum atomic E-state index is 12.7. The van der Waals surface area contributed by atoms with Gasteiger partial charge in [0.05, 0.1) is 10.6 Å². The Morgan fingerprint density at radius 3 is 2.84 bits per heavy atom. The van der Waals surface area contributed by atoms with Crippen LogP contribution in [0.5, 0.6) is 5.75 Å². The summed E-state index contributed by atoms with van der Waals surface area (Å²) in [6.07, 6.45) is -0.519. The molecule has 0 spiro atoms. The molecule has 2 heterocycles. The van der Waals surface area contributed by atoms with Crippen LogP contribution in [-0.2, 0) is 4.79 Å². The Morgan fingerprint density at radius 2 is 2.04 bits per heavy atom. The molecule has 2 N–H and O–H groups in total. The van der Waals surface area contributed by atoms with Crippen molar-refractivity contribution in [2.75, 3.05) is 10.6 Å². The minimum atomic E-state index is -0.519. The predicted molar refractivity (Wildman–Crippen MR) is 99.7 cm³/mol. The first-order valence-corrected chi connectivity index (χ1v) is 8.75. The Bertz CT molecular complexity index is 1010. The van der Waals surface area contributed by atoms with Gasteiger partial charge in [0.2, 0.25) is 0 Å². The highest BCUT2D eigenvalue weighted by Gasteiger charge is 2.24. The van der Waals surface area contributed by atoms with Crippen LogP contribution in [0, 0.1) is 6.92 Å². The van der Waals surface area contributed by atoms with Crippen LogP contribution in [0.2, 0.25) is 0 Å². The van der Waals surface area contributed by atoms with Crippen molar-refractivity contribution < 1.29 is 14.3 Å². The van der Waals surface area contributed by atoms with Gasteiger partial charge in [-0.1, -0.05) is 18.2 Å². The number of nitrogens with one attached hydrogen (secondary N) is 2. The van der Waals surface area contributed by atoms with Crippen LogP contribution < -0.4 is 15.4 Å². The van der Waals surface area contributed by atoms with Crippen molar-refractivity contribution in [2.24, 2.45) is 0 Å². The zero-order valence-electron chi connectivity index (χ0n) is 13.8. The van der Waals surface area contributed by atoms with E-state index >= 15 is 0 Å². The van der Waals surface area contributed by atoms with Crippen LogP contribution in [0.25, 0.3) is 10.1 Å². The number of benzene rings is 2. The van der Waals surface area contributed by atoms with Gasteiger partial charge >= 0.3 is 0 Å². The fourth-order valence-corrected chi connectivity index (χ4v) is 3.97. The van der Waals surface area contributed by atoms with Crippen molar-refractivity contribution in [2.45, 2.75) is 20.0 Å². The average molecular weight is 352 g/mol. The summed E-state index contributed by atoms with van der Waals surface area (Å²) < 4.78 is 6.61. The highest BCUT2D eigenvalue weighted by molar-refractivity contribution is 7.21. The van der Waals surface area contributed by atoms with Gasteiger partial charge in [0.1, 0.15) is 5.75 Å². The van der Waals surface area contributed by atoms with E-state index in [1.807, 2.05) is 31.2 Å². The van der Waals surface area contributed by atoms with Crippen LogP contribution in [-0.4, -0.2) is 17.9 Å². The molecule has 1 unspecified atom stereocenters. The highest BCUT2D eigenvalue weighted by atomic mass is 32.1. The number of amides is 2. The Kier molecular flexibility index (Phi) is 3.69. The Labute approximate surface area is 148 Å². The molecule has 0 saturated carbocycles. The monoisotopic (exact) mass is 352 g/mol. The second-order valence-electron chi connectivity index (χ2n) is 5.97. The third-order valence-corrected chi connectivity index (χ3v) is 5.49. The zero-order valence-corrected chi connectivity index (χ0v) is 14.6. The molecule has 1 aromatic heterocycles. The molecule has 0 radical (unpaired) electrons. The van der Waals surface area contributed by atoms with E-state index in [-0.39, 0.29) is 11.8 Å². The molecule has 1 aliphatic rings.